The molecule has 1 aromatic carbocycles. The van der Waals surface area contributed by atoms with E-state index in [1.54, 1.807) is 0 Å². The number of hydrazine groups is 1. The summed E-state index contributed by atoms with van der Waals surface area (Å²) in [6.45, 7) is 0.688. The van der Waals surface area contributed by atoms with Crippen LogP contribution in [0.2, 0.25) is 0 Å². The van der Waals surface area contributed by atoms with Gasteiger partial charge in [-0.1, -0.05) is 6.42 Å². The Bertz CT molecular complexity index is 967. The lowest BCUT2D eigenvalue weighted by Crippen LogP contribution is -2.45. The molecular formula is C18H23F2N5O3S2. The number of halogens is 2. The first-order valence-electron chi connectivity index (χ1n) is 9.66. The number of sulfonamides is 1. The third-order valence-electron chi connectivity index (χ3n) is 5.57. The summed E-state index contributed by atoms with van der Waals surface area (Å²) in [6.07, 6.45) is 3.14. The van der Waals surface area contributed by atoms with Crippen LogP contribution < -0.4 is 26.0 Å². The molecule has 2 fully saturated rings. The van der Waals surface area contributed by atoms with Crippen LogP contribution in [0.4, 0.5) is 14.6 Å². The zero-order valence-electron chi connectivity index (χ0n) is 16.0. The van der Waals surface area contributed by atoms with Crippen LogP contribution in [0.1, 0.15) is 25.7 Å². The summed E-state index contributed by atoms with van der Waals surface area (Å²) in [4.78, 5) is 2.71. The molecule has 1 aliphatic carbocycles. The quantitative estimate of drug-likeness (QED) is 0.523. The molecule has 1 aromatic heterocycles. The summed E-state index contributed by atoms with van der Waals surface area (Å²) in [5.74, 6) is -2.23. The molecule has 1 saturated carbocycles. The maximum absolute atomic E-state index is 14.7. The van der Waals surface area contributed by atoms with Gasteiger partial charge in [-0.25, -0.2) is 27.6 Å². The van der Waals surface area contributed by atoms with Crippen molar-refractivity contribution in [2.75, 3.05) is 11.3 Å². The van der Waals surface area contributed by atoms with E-state index in [0.717, 1.165) is 49.2 Å². The Morgan fingerprint density at radius 2 is 1.93 bits per heavy atom. The predicted molar refractivity (Wildman–Crippen MR) is 108 cm³/mol. The molecule has 1 saturated heterocycles. The zero-order chi connectivity index (χ0) is 21.3. The molecule has 164 valence electrons. The Labute approximate surface area is 177 Å². The number of nitrogens with zero attached hydrogens (tertiary/aromatic N) is 1. The lowest BCUT2D eigenvalue weighted by molar-refractivity contribution is 0.0556. The van der Waals surface area contributed by atoms with Crippen LogP contribution in [0.15, 0.2) is 27.9 Å². The Morgan fingerprint density at radius 1 is 1.20 bits per heavy atom. The molecule has 2 aromatic rings. The second-order valence-corrected chi connectivity index (χ2v) is 9.85. The molecule has 8 nitrogen and oxygen atoms in total. The number of thiazole rings is 1. The van der Waals surface area contributed by atoms with Crippen molar-refractivity contribution in [1.29, 1.82) is 0 Å². The fourth-order valence-corrected chi connectivity index (χ4v) is 5.87. The summed E-state index contributed by atoms with van der Waals surface area (Å²) >= 11 is 1.15. The smallest absolute Gasteiger partial charge is 0.268 e. The molecule has 0 radical (unpaired) electrons. The number of benzene rings is 1. The van der Waals surface area contributed by atoms with E-state index in [1.165, 1.54) is 10.9 Å². The van der Waals surface area contributed by atoms with Crippen molar-refractivity contribution >= 4 is 27.2 Å². The van der Waals surface area contributed by atoms with E-state index >= 15 is 0 Å². The Kier molecular flexibility index (Phi) is 6.21. The van der Waals surface area contributed by atoms with E-state index in [1.807, 2.05) is 0 Å². The van der Waals surface area contributed by atoms with Gasteiger partial charge in [0.15, 0.2) is 10.7 Å². The number of ether oxygens (including phenoxy) is 1. The molecule has 2 aliphatic rings. The summed E-state index contributed by atoms with van der Waals surface area (Å²) in [5.41, 5.74) is 13.5. The molecule has 4 atom stereocenters. The second-order valence-electron chi connectivity index (χ2n) is 7.51. The predicted octanol–water partition coefficient (Wildman–Crippen LogP) is 2.17. The zero-order valence-corrected chi connectivity index (χ0v) is 17.6. The maximum Gasteiger partial charge on any atom is 0.268 e. The summed E-state index contributed by atoms with van der Waals surface area (Å²) in [6, 6.07) is 1.82. The van der Waals surface area contributed by atoms with Gasteiger partial charge >= 0.3 is 0 Å². The molecule has 0 amide bonds. The third kappa shape index (κ3) is 4.42. The van der Waals surface area contributed by atoms with Gasteiger partial charge in [0, 0.05) is 35.9 Å². The first-order chi connectivity index (χ1) is 14.3. The number of hydrogen-bond acceptors (Lipinski definition) is 8. The van der Waals surface area contributed by atoms with Gasteiger partial charge in [0.1, 0.15) is 23.5 Å². The lowest BCUT2D eigenvalue weighted by Gasteiger charge is -2.36. The van der Waals surface area contributed by atoms with Crippen molar-refractivity contribution in [1.82, 2.24) is 15.8 Å². The number of rotatable bonds is 6. The highest BCUT2D eigenvalue weighted by molar-refractivity contribution is 7.92. The van der Waals surface area contributed by atoms with Gasteiger partial charge in [0.25, 0.3) is 10.0 Å². The third-order valence-corrected chi connectivity index (χ3v) is 7.56. The molecule has 2 unspecified atom stereocenters. The van der Waals surface area contributed by atoms with Gasteiger partial charge in [-0.05, 0) is 19.3 Å². The number of nitrogens with two attached hydrogens (primary N) is 1. The minimum absolute atomic E-state index is 0.000653. The van der Waals surface area contributed by atoms with Crippen LogP contribution in [0.5, 0.6) is 5.75 Å². The molecule has 4 rings (SSSR count). The first-order valence-corrected chi connectivity index (χ1v) is 12.1. The minimum atomic E-state index is -4.47. The number of anilines is 1. The van der Waals surface area contributed by atoms with Gasteiger partial charge in [0.2, 0.25) is 0 Å². The highest BCUT2D eigenvalue weighted by atomic mass is 32.2. The summed E-state index contributed by atoms with van der Waals surface area (Å²) < 4.78 is 62.1. The van der Waals surface area contributed by atoms with Crippen LogP contribution in [0.25, 0.3) is 0 Å². The summed E-state index contributed by atoms with van der Waals surface area (Å²) in [5, 5.41) is 1.42. The van der Waals surface area contributed by atoms with Crippen molar-refractivity contribution in [2.45, 2.75) is 42.8 Å². The first kappa shape index (κ1) is 21.4. The van der Waals surface area contributed by atoms with Crippen LogP contribution in [-0.2, 0) is 10.0 Å². The fourth-order valence-electron chi connectivity index (χ4n) is 4.20. The Hall–Kier alpha value is -1.86. The monoisotopic (exact) mass is 459 g/mol. The highest BCUT2D eigenvalue weighted by Gasteiger charge is 2.39. The van der Waals surface area contributed by atoms with Crippen LogP contribution in [-0.4, -0.2) is 32.2 Å². The number of nitrogens with one attached hydrogen (secondary N) is 3. The van der Waals surface area contributed by atoms with E-state index in [2.05, 4.69) is 20.6 Å². The molecule has 1 aliphatic heterocycles. The number of aromatic nitrogens is 1. The molecule has 12 heteroatoms. The van der Waals surface area contributed by atoms with Gasteiger partial charge in [-0.3, -0.25) is 10.1 Å². The van der Waals surface area contributed by atoms with Crippen molar-refractivity contribution < 1.29 is 21.9 Å². The van der Waals surface area contributed by atoms with E-state index in [0.29, 0.717) is 6.54 Å². The van der Waals surface area contributed by atoms with Gasteiger partial charge in [-0.2, -0.15) is 0 Å². The molecule has 2 heterocycles. The average molecular weight is 460 g/mol. The van der Waals surface area contributed by atoms with Crippen LogP contribution in [0, 0.1) is 23.5 Å². The maximum atomic E-state index is 14.7. The van der Waals surface area contributed by atoms with E-state index < -0.39 is 26.6 Å². The molecule has 0 spiro atoms. The van der Waals surface area contributed by atoms with Crippen molar-refractivity contribution in [2.24, 2.45) is 17.6 Å². The molecule has 30 heavy (non-hydrogen) atoms. The fraction of sp³-hybridized carbons (Fsp3) is 0.500. The number of hydrogen-bond donors (Lipinski definition) is 4. The van der Waals surface area contributed by atoms with Gasteiger partial charge in [0.05, 0.1) is 11.7 Å². The van der Waals surface area contributed by atoms with Gasteiger partial charge < -0.3 is 10.5 Å². The normalized spacial score (nSPS) is 27.2. The summed E-state index contributed by atoms with van der Waals surface area (Å²) in [7, 11) is -4.47. The average Bonchev–Trinajstić information content (AvgIpc) is 3.32. The molecule has 0 bridgehead atoms. The molecule has 5 N–H and O–H groups in total. The van der Waals surface area contributed by atoms with E-state index in [4.69, 9.17) is 10.5 Å². The Balaban J connectivity index is 1.55. The van der Waals surface area contributed by atoms with E-state index in [-0.39, 0.29) is 35.7 Å². The second kappa shape index (κ2) is 8.71. The minimum Gasteiger partial charge on any atom is -0.490 e. The van der Waals surface area contributed by atoms with Crippen LogP contribution in [0.3, 0.4) is 0 Å². The van der Waals surface area contributed by atoms with E-state index in [9.17, 15) is 17.2 Å². The largest absolute Gasteiger partial charge is 0.490 e. The SMILES string of the molecule is NC1NNCC1[C@H]1CCCC[C@@H]1Oc1cc(F)c(S(=O)(=O)Nc2cscn2)c(F)c1. The Morgan fingerprint density at radius 3 is 2.57 bits per heavy atom. The van der Waals surface area contributed by atoms with Gasteiger partial charge in [-0.15, -0.1) is 11.3 Å². The standard InChI is InChI=1S/C18H23F2N5O3S2/c19-13-5-10(6-14(20)17(13)30(26,27)25-16-8-29-9-22-16)28-15-4-2-1-3-11(15)12-7-23-24-18(12)21/h5-6,8-9,11-12,15,18,23-25H,1-4,7,21H2/t11-,12?,15+,18?/m1/s1. The highest BCUT2D eigenvalue weighted by Crippen LogP contribution is 2.36. The lowest BCUT2D eigenvalue weighted by atomic mass is 9.77. The molecular weight excluding hydrogens is 436 g/mol. The topological polar surface area (TPSA) is 118 Å². The van der Waals surface area contributed by atoms with Crippen molar-refractivity contribution in [3.63, 3.8) is 0 Å². The van der Waals surface area contributed by atoms with Crippen LogP contribution >= 0.6 is 11.3 Å². The van der Waals surface area contributed by atoms with Crippen molar-refractivity contribution in [3.8, 4) is 5.75 Å². The van der Waals surface area contributed by atoms with Crippen molar-refractivity contribution in [3.05, 3.63) is 34.7 Å².